The molecule has 0 bridgehead atoms. The molecule has 1 nitrogen and oxygen atoms in total. The summed E-state index contributed by atoms with van der Waals surface area (Å²) in [5, 5.41) is 0. The summed E-state index contributed by atoms with van der Waals surface area (Å²) in [4.78, 5) is 2.18. The molecule has 0 saturated carbocycles. The smallest absolute Gasteiger partial charge is 0.306 e. The van der Waals surface area contributed by atoms with Crippen molar-refractivity contribution in [3.8, 4) is 0 Å². The van der Waals surface area contributed by atoms with Crippen LogP contribution < -0.4 is 0 Å². The van der Waals surface area contributed by atoms with Crippen LogP contribution in [0.2, 0.25) is 12.1 Å². The van der Waals surface area contributed by atoms with Crippen molar-refractivity contribution in [3.63, 3.8) is 0 Å². The minimum Gasteiger partial charge on any atom is -0.306 e. The number of halogens is 6. The minimum atomic E-state index is -2.45. The van der Waals surface area contributed by atoms with Gasteiger partial charge in [-0.05, 0) is 45.1 Å². The Kier molecular flexibility index (Phi) is 9.44. The Bertz CT molecular complexity index is 172. The molecule has 0 atom stereocenters. The van der Waals surface area contributed by atoms with Crippen LogP contribution in [-0.4, -0.2) is 37.0 Å². The highest BCUT2D eigenvalue weighted by molar-refractivity contribution is 7.65. The van der Waals surface area contributed by atoms with E-state index < -0.39 is 12.0 Å². The molecule has 0 aliphatic rings. The Hall–Kier alpha value is 2.13. The first-order valence-corrected chi connectivity index (χ1v) is 15.4. The van der Waals surface area contributed by atoms with Gasteiger partial charge in [-0.25, -0.2) is 0 Å². The third-order valence-electron chi connectivity index (χ3n) is 2.00. The average molecular weight is 382 g/mol. The highest BCUT2D eigenvalue weighted by Gasteiger charge is 2.25. The maximum Gasteiger partial charge on any atom is 0.341 e. The Morgan fingerprint density at radius 2 is 1.06 bits per heavy atom. The first-order valence-electron chi connectivity index (χ1n) is 4.92. The molecular weight excluding hydrogens is 367 g/mol. The third-order valence-corrected chi connectivity index (χ3v) is 7.24. The number of hydrogen-bond acceptors (Lipinski definition) is 1. The van der Waals surface area contributed by atoms with E-state index in [1.807, 2.05) is 7.05 Å². The molecule has 0 saturated heterocycles. The quantitative estimate of drug-likeness (QED) is 0.422. The molecule has 0 rings (SSSR count). The van der Waals surface area contributed by atoms with E-state index in [0.29, 0.717) is 12.1 Å². The van der Waals surface area contributed by atoms with E-state index in [9.17, 15) is 0 Å². The zero-order valence-electron chi connectivity index (χ0n) is 8.96. The molecule has 0 aromatic heterocycles. The first-order chi connectivity index (χ1) is 7.10. The van der Waals surface area contributed by atoms with Gasteiger partial charge in [-0.3, -0.25) is 0 Å². The third kappa shape index (κ3) is 14.2. The van der Waals surface area contributed by atoms with Gasteiger partial charge >= 0.3 is 12.0 Å². The molecule has 0 aromatic rings. The zero-order valence-corrected chi connectivity index (χ0v) is 15.5. The molecule has 16 heavy (non-hydrogen) atoms. The Morgan fingerprint density at radius 1 is 0.750 bits per heavy atom. The largest absolute Gasteiger partial charge is 0.341 e. The second-order valence-corrected chi connectivity index (χ2v) is 22.3. The lowest BCUT2D eigenvalue weighted by atomic mass is 10.4. The zero-order chi connectivity index (χ0) is 12.8. The number of hydrogen-bond donors (Lipinski definition) is 0. The van der Waals surface area contributed by atoms with Crippen LogP contribution in [-0.2, 0) is 0 Å². The van der Waals surface area contributed by atoms with Crippen molar-refractivity contribution in [2.45, 2.75) is 24.9 Å². The van der Waals surface area contributed by atoms with Crippen LogP contribution in [0, 0.1) is 0 Å². The molecule has 0 unspecified atom stereocenters. The van der Waals surface area contributed by atoms with Crippen LogP contribution in [0.15, 0.2) is 0 Å². The van der Waals surface area contributed by atoms with Crippen molar-refractivity contribution in [3.05, 3.63) is 0 Å². The summed E-state index contributed by atoms with van der Waals surface area (Å²) in [6, 6.07) is -3.51. The van der Waals surface area contributed by atoms with Gasteiger partial charge in [-0.1, -0.05) is 0 Å². The summed E-state index contributed by atoms with van der Waals surface area (Å²) in [5.74, 6) is 0. The number of rotatable bonds is 8. The average Bonchev–Trinajstić information content (AvgIpc) is 1.98. The Balaban J connectivity index is 3.49. The molecule has 0 N–H and O–H groups in total. The van der Waals surface area contributed by atoms with Crippen LogP contribution in [0.3, 0.4) is 0 Å². The summed E-state index contributed by atoms with van der Waals surface area (Å²) in [5.41, 5.74) is 0. The van der Waals surface area contributed by atoms with Crippen LogP contribution in [0.5, 0.6) is 0 Å². The van der Waals surface area contributed by atoms with E-state index in [-0.39, 0.29) is 0 Å². The lowest BCUT2D eigenvalue weighted by Crippen LogP contribution is -2.24. The summed E-state index contributed by atoms with van der Waals surface area (Å²) in [6.45, 7) is 1.84. The topological polar surface area (TPSA) is 3.24 Å². The van der Waals surface area contributed by atoms with E-state index in [1.165, 1.54) is 0 Å². The predicted octanol–water partition coefficient (Wildman–Crippen LogP) is 5.01. The molecule has 0 amide bonds. The summed E-state index contributed by atoms with van der Waals surface area (Å²) in [6.07, 6.45) is 1.81. The molecule has 0 aromatic carbocycles. The highest BCUT2D eigenvalue weighted by Crippen LogP contribution is 2.27. The number of nitrogens with zero attached hydrogens (tertiary/aromatic N) is 1. The second kappa shape index (κ2) is 8.33. The van der Waals surface area contributed by atoms with Crippen LogP contribution in [0.4, 0.5) is 0 Å². The molecule has 9 heteroatoms. The monoisotopic (exact) mass is 379 g/mol. The highest BCUT2D eigenvalue weighted by atomic mass is 35.8. The van der Waals surface area contributed by atoms with Gasteiger partial charge in [0.25, 0.3) is 0 Å². The molecule has 0 aliphatic carbocycles. The van der Waals surface area contributed by atoms with E-state index >= 15 is 0 Å². The summed E-state index contributed by atoms with van der Waals surface area (Å²) in [7, 11) is 2.03. The first kappa shape index (κ1) is 18.1. The Labute approximate surface area is 128 Å². The lowest BCUT2D eigenvalue weighted by Gasteiger charge is -2.18. The van der Waals surface area contributed by atoms with Gasteiger partial charge in [0.2, 0.25) is 0 Å². The standard InChI is InChI=1S/C7H15Cl6NSi2/c1-14(4-2-6-15(8,9)10)5-3-7-16(11,12)13/h2-7H2,1H3. The normalized spacial score (nSPS) is 13.5. The van der Waals surface area contributed by atoms with Gasteiger partial charge < -0.3 is 4.90 Å². The van der Waals surface area contributed by atoms with Gasteiger partial charge in [-0.2, -0.15) is 0 Å². The summed E-state index contributed by atoms with van der Waals surface area (Å²) < 4.78 is 0. The van der Waals surface area contributed by atoms with Gasteiger partial charge in [-0.15, -0.1) is 66.5 Å². The van der Waals surface area contributed by atoms with E-state index in [2.05, 4.69) is 4.90 Å². The molecule has 0 fully saturated rings. The van der Waals surface area contributed by atoms with Crippen molar-refractivity contribution in [1.29, 1.82) is 0 Å². The molecule has 98 valence electrons. The summed E-state index contributed by atoms with van der Waals surface area (Å²) >= 11 is 34.7. The maximum absolute atomic E-state index is 5.79. The second-order valence-electron chi connectivity index (χ2n) is 3.74. The Morgan fingerprint density at radius 3 is 1.31 bits per heavy atom. The maximum atomic E-state index is 5.79. The van der Waals surface area contributed by atoms with Gasteiger partial charge in [0, 0.05) is 0 Å². The van der Waals surface area contributed by atoms with Crippen LogP contribution in [0.25, 0.3) is 0 Å². The van der Waals surface area contributed by atoms with Gasteiger partial charge in [0.15, 0.2) is 0 Å². The minimum absolute atomic E-state index is 0.696. The predicted molar refractivity (Wildman–Crippen MR) is 83.0 cm³/mol. The van der Waals surface area contributed by atoms with Crippen LogP contribution >= 0.6 is 66.5 Å². The van der Waals surface area contributed by atoms with Crippen molar-refractivity contribution in [2.24, 2.45) is 0 Å². The molecule has 0 aliphatic heterocycles. The SMILES string of the molecule is CN(CCC[Si](Cl)(Cl)Cl)CCC[Si](Cl)(Cl)Cl. The fourth-order valence-electron chi connectivity index (χ4n) is 1.21. The van der Waals surface area contributed by atoms with Crippen molar-refractivity contribution >= 4 is 78.5 Å². The molecule has 0 radical (unpaired) electrons. The van der Waals surface area contributed by atoms with Gasteiger partial charge in [0.1, 0.15) is 0 Å². The van der Waals surface area contributed by atoms with E-state index in [1.54, 1.807) is 0 Å². The fourth-order valence-corrected chi connectivity index (χ4v) is 4.73. The van der Waals surface area contributed by atoms with Crippen LogP contribution in [0.1, 0.15) is 12.8 Å². The molecule has 0 spiro atoms. The molecular formula is C7H15Cl6NSi2. The van der Waals surface area contributed by atoms with Crippen molar-refractivity contribution < 1.29 is 0 Å². The van der Waals surface area contributed by atoms with E-state index in [0.717, 1.165) is 25.9 Å². The lowest BCUT2D eigenvalue weighted by molar-refractivity contribution is 0.335. The fraction of sp³-hybridized carbons (Fsp3) is 1.00. The van der Waals surface area contributed by atoms with Gasteiger partial charge in [0.05, 0.1) is 0 Å². The van der Waals surface area contributed by atoms with E-state index in [4.69, 9.17) is 66.5 Å². The van der Waals surface area contributed by atoms with Crippen molar-refractivity contribution in [1.82, 2.24) is 4.90 Å². The molecule has 0 heterocycles. The van der Waals surface area contributed by atoms with Crippen molar-refractivity contribution in [2.75, 3.05) is 20.1 Å².